The molecule has 0 fully saturated rings. The number of benzene rings is 1. The van der Waals surface area contributed by atoms with Gasteiger partial charge in [-0.2, -0.15) is 0 Å². The van der Waals surface area contributed by atoms with Crippen LogP contribution in [0.1, 0.15) is 44.7 Å². The number of carbonyl (C=O) groups excluding carboxylic acids is 1. The van der Waals surface area contributed by atoms with Gasteiger partial charge in [0.2, 0.25) is 0 Å². The molecule has 0 amide bonds. The summed E-state index contributed by atoms with van der Waals surface area (Å²) in [6.45, 7) is 5.67. The third-order valence-corrected chi connectivity index (χ3v) is 3.17. The average Bonchev–Trinajstić information content (AvgIpc) is 2.27. The van der Waals surface area contributed by atoms with Crippen LogP contribution in [0.25, 0.3) is 0 Å². The van der Waals surface area contributed by atoms with Crippen molar-refractivity contribution in [2.24, 2.45) is 0 Å². The number of hydrogen-bond acceptors (Lipinski definition) is 2. The maximum absolute atomic E-state index is 11.8. The summed E-state index contributed by atoms with van der Waals surface area (Å²) in [6.07, 6.45) is 3.76. The molecule has 0 atom stereocenters. The van der Waals surface area contributed by atoms with Gasteiger partial charge in [0.1, 0.15) is 5.60 Å². The van der Waals surface area contributed by atoms with Crippen LogP contribution in [0.15, 0.2) is 24.3 Å². The lowest BCUT2D eigenvalue weighted by atomic mass is 10.0. The van der Waals surface area contributed by atoms with E-state index in [1.54, 1.807) is 0 Å². The molecule has 1 aromatic rings. The van der Waals surface area contributed by atoms with E-state index in [9.17, 15) is 4.79 Å². The first kappa shape index (κ1) is 16.2. The summed E-state index contributed by atoms with van der Waals surface area (Å²) < 4.78 is 5.33. The second-order valence-corrected chi connectivity index (χ2v) is 6.52. The van der Waals surface area contributed by atoms with Gasteiger partial charge in [-0.3, -0.25) is 4.79 Å². The fourth-order valence-corrected chi connectivity index (χ4v) is 2.26. The lowest BCUT2D eigenvalue weighted by Crippen LogP contribution is -2.24. The maximum atomic E-state index is 11.8. The monoisotopic (exact) mass is 326 g/mol. The Morgan fingerprint density at radius 1 is 1.21 bits per heavy atom. The van der Waals surface area contributed by atoms with Gasteiger partial charge < -0.3 is 4.74 Å². The second kappa shape index (κ2) is 7.68. The molecule has 1 aromatic carbocycles. The van der Waals surface area contributed by atoms with Gasteiger partial charge in [-0.05, 0) is 51.2 Å². The van der Waals surface area contributed by atoms with Crippen LogP contribution < -0.4 is 0 Å². The summed E-state index contributed by atoms with van der Waals surface area (Å²) in [5.41, 5.74) is 1.91. The van der Waals surface area contributed by atoms with Crippen LogP contribution in [0.5, 0.6) is 0 Å². The molecule has 0 aliphatic heterocycles. The molecule has 0 N–H and O–H groups in total. The van der Waals surface area contributed by atoms with Crippen LogP contribution in [0.3, 0.4) is 0 Å². The number of halogens is 1. The summed E-state index contributed by atoms with van der Waals surface area (Å²) >= 11 is 3.44. The fraction of sp³-hybridized carbons (Fsp3) is 0.562. The Balaban J connectivity index is 2.54. The predicted molar refractivity (Wildman–Crippen MR) is 82.7 cm³/mol. The molecule has 106 valence electrons. The molecular formula is C16H23BrO2. The third-order valence-electron chi connectivity index (χ3n) is 2.61. The molecule has 0 heterocycles. The summed E-state index contributed by atoms with van der Waals surface area (Å²) in [6, 6.07) is 8.23. The number of ether oxygens (including phenoxy) is 1. The Labute approximate surface area is 124 Å². The third kappa shape index (κ3) is 7.36. The van der Waals surface area contributed by atoms with Crippen LogP contribution in [-0.4, -0.2) is 16.9 Å². The first-order valence-corrected chi connectivity index (χ1v) is 7.88. The van der Waals surface area contributed by atoms with Gasteiger partial charge in [0.05, 0.1) is 6.42 Å². The zero-order valence-electron chi connectivity index (χ0n) is 12.0. The molecule has 0 aliphatic rings. The van der Waals surface area contributed by atoms with Crippen LogP contribution in [0.2, 0.25) is 0 Å². The highest BCUT2D eigenvalue weighted by Crippen LogP contribution is 2.13. The summed E-state index contributed by atoms with van der Waals surface area (Å²) in [4.78, 5) is 11.8. The molecule has 0 saturated heterocycles. The number of rotatable bonds is 6. The van der Waals surface area contributed by atoms with E-state index in [1.807, 2.05) is 32.9 Å². The highest BCUT2D eigenvalue weighted by atomic mass is 79.9. The molecule has 19 heavy (non-hydrogen) atoms. The largest absolute Gasteiger partial charge is 0.460 e. The van der Waals surface area contributed by atoms with Crippen molar-refractivity contribution in [2.75, 3.05) is 5.33 Å². The first-order chi connectivity index (χ1) is 8.90. The summed E-state index contributed by atoms with van der Waals surface area (Å²) in [7, 11) is 0. The van der Waals surface area contributed by atoms with Crippen LogP contribution >= 0.6 is 15.9 Å². The molecule has 0 radical (unpaired) electrons. The minimum atomic E-state index is -0.412. The molecule has 3 heteroatoms. The number of aryl methyl sites for hydroxylation is 1. The Hall–Kier alpha value is -0.830. The molecule has 0 aromatic heterocycles. The zero-order valence-corrected chi connectivity index (χ0v) is 13.6. The minimum absolute atomic E-state index is 0.162. The number of esters is 1. The van der Waals surface area contributed by atoms with E-state index in [4.69, 9.17) is 4.74 Å². The van der Waals surface area contributed by atoms with Crippen LogP contribution in [0, 0.1) is 0 Å². The van der Waals surface area contributed by atoms with Crippen molar-refractivity contribution < 1.29 is 9.53 Å². The summed E-state index contributed by atoms with van der Waals surface area (Å²) in [5.74, 6) is -0.162. The van der Waals surface area contributed by atoms with Crippen molar-refractivity contribution in [1.29, 1.82) is 0 Å². The zero-order chi connectivity index (χ0) is 14.3. The minimum Gasteiger partial charge on any atom is -0.460 e. The number of alkyl halides is 1. The van der Waals surface area contributed by atoms with Crippen molar-refractivity contribution in [3.8, 4) is 0 Å². The highest BCUT2D eigenvalue weighted by Gasteiger charge is 2.16. The summed E-state index contributed by atoms with van der Waals surface area (Å²) in [5, 5.41) is 1.05. The van der Waals surface area contributed by atoms with Crippen molar-refractivity contribution in [3.05, 3.63) is 35.4 Å². The smallest absolute Gasteiger partial charge is 0.310 e. The normalized spacial score (nSPS) is 11.4. The molecule has 0 aliphatic carbocycles. The lowest BCUT2D eigenvalue weighted by molar-refractivity contribution is -0.153. The van der Waals surface area contributed by atoms with Crippen molar-refractivity contribution in [2.45, 2.75) is 52.1 Å². The van der Waals surface area contributed by atoms with Crippen molar-refractivity contribution >= 4 is 21.9 Å². The van der Waals surface area contributed by atoms with E-state index in [-0.39, 0.29) is 5.97 Å². The molecule has 0 spiro atoms. The van der Waals surface area contributed by atoms with Crippen LogP contribution in [0.4, 0.5) is 0 Å². The number of hydrogen-bond donors (Lipinski definition) is 0. The van der Waals surface area contributed by atoms with E-state index in [0.717, 1.165) is 17.3 Å². The predicted octanol–water partition coefficient (Wildman–Crippen LogP) is 4.29. The number of unbranched alkanes of at least 4 members (excludes halogenated alkanes) is 1. The van der Waals surface area contributed by atoms with Crippen molar-refractivity contribution in [3.63, 3.8) is 0 Å². The lowest BCUT2D eigenvalue weighted by Gasteiger charge is -2.19. The average molecular weight is 327 g/mol. The SMILES string of the molecule is CC(C)(C)OC(=O)Cc1cccc(CCCCBr)c1. The molecule has 0 saturated carbocycles. The van der Waals surface area contributed by atoms with Gasteiger partial charge in [-0.25, -0.2) is 0 Å². The van der Waals surface area contributed by atoms with E-state index < -0.39 is 5.60 Å². The molecular weight excluding hydrogens is 304 g/mol. The van der Waals surface area contributed by atoms with Gasteiger partial charge in [0.15, 0.2) is 0 Å². The van der Waals surface area contributed by atoms with Crippen LogP contribution in [-0.2, 0) is 22.4 Å². The molecule has 0 bridgehead atoms. The van der Waals surface area contributed by atoms with Gasteiger partial charge in [-0.1, -0.05) is 40.2 Å². The topological polar surface area (TPSA) is 26.3 Å². The molecule has 2 nitrogen and oxygen atoms in total. The second-order valence-electron chi connectivity index (χ2n) is 5.73. The maximum Gasteiger partial charge on any atom is 0.310 e. The molecule has 0 unspecified atom stereocenters. The first-order valence-electron chi connectivity index (χ1n) is 6.76. The Bertz CT molecular complexity index is 407. The van der Waals surface area contributed by atoms with Crippen molar-refractivity contribution in [1.82, 2.24) is 0 Å². The van der Waals surface area contributed by atoms with E-state index >= 15 is 0 Å². The molecule has 1 rings (SSSR count). The Morgan fingerprint density at radius 3 is 2.53 bits per heavy atom. The van der Waals surface area contributed by atoms with Gasteiger partial charge in [-0.15, -0.1) is 0 Å². The quantitative estimate of drug-likeness (QED) is 0.443. The van der Waals surface area contributed by atoms with Gasteiger partial charge in [0, 0.05) is 5.33 Å². The van der Waals surface area contributed by atoms with Gasteiger partial charge >= 0.3 is 5.97 Å². The van der Waals surface area contributed by atoms with E-state index in [2.05, 4.69) is 28.1 Å². The number of carbonyl (C=O) groups is 1. The van der Waals surface area contributed by atoms with Gasteiger partial charge in [0.25, 0.3) is 0 Å². The van der Waals surface area contributed by atoms with E-state index in [0.29, 0.717) is 6.42 Å². The fourth-order valence-electron chi connectivity index (χ4n) is 1.86. The Morgan fingerprint density at radius 2 is 1.89 bits per heavy atom. The van der Waals surface area contributed by atoms with E-state index in [1.165, 1.54) is 18.4 Å². The Kier molecular flexibility index (Phi) is 6.56. The highest BCUT2D eigenvalue weighted by molar-refractivity contribution is 9.09. The standard InChI is InChI=1S/C16H23BrO2/c1-16(2,3)19-15(18)12-14-9-6-8-13(11-14)7-4-5-10-17/h6,8-9,11H,4-5,7,10,12H2,1-3H3.